The fraction of sp³-hybridized carbons (Fsp3) is 0.103. The first-order valence-electron chi connectivity index (χ1n) is 13.1. The number of hydrogen-bond acceptors (Lipinski definition) is 7. The van der Waals surface area contributed by atoms with Crippen molar-refractivity contribution in [1.29, 1.82) is 0 Å². The van der Waals surface area contributed by atoms with E-state index < -0.39 is 17.6 Å². The van der Waals surface area contributed by atoms with Gasteiger partial charge >= 0.3 is 6.03 Å². The van der Waals surface area contributed by atoms with Crippen molar-refractivity contribution in [3.63, 3.8) is 0 Å². The van der Waals surface area contributed by atoms with Gasteiger partial charge in [0.25, 0.3) is 5.56 Å². The number of imidazole rings is 1. The van der Waals surface area contributed by atoms with Crippen molar-refractivity contribution in [2.75, 3.05) is 0 Å². The van der Waals surface area contributed by atoms with E-state index in [0.29, 0.717) is 50.7 Å². The van der Waals surface area contributed by atoms with Gasteiger partial charge in [-0.1, -0.05) is 59.6 Å². The predicted molar refractivity (Wildman–Crippen MR) is 161 cm³/mol. The molecular formula is C29H23Cl2N9O3. The van der Waals surface area contributed by atoms with E-state index in [9.17, 15) is 14.7 Å². The molecule has 0 saturated carbocycles. The van der Waals surface area contributed by atoms with Crippen molar-refractivity contribution in [3.8, 4) is 22.7 Å². The first-order valence-corrected chi connectivity index (χ1v) is 13.8. The molecular weight excluding hydrogens is 593 g/mol. The number of fused-ring (bicyclic) bond motifs is 1. The van der Waals surface area contributed by atoms with Crippen molar-refractivity contribution in [3.05, 3.63) is 117 Å². The molecule has 0 aliphatic rings. The number of nitrogens with one attached hydrogen (secondary N) is 4. The average Bonchev–Trinajstić information content (AvgIpc) is 3.66. The highest BCUT2D eigenvalue weighted by Gasteiger charge is 2.22. The van der Waals surface area contributed by atoms with Gasteiger partial charge in [0.2, 0.25) is 0 Å². The van der Waals surface area contributed by atoms with Crippen LogP contribution in [0, 0.1) is 0 Å². The molecule has 12 nitrogen and oxygen atoms in total. The summed E-state index contributed by atoms with van der Waals surface area (Å²) in [6, 6.07) is 20.0. The van der Waals surface area contributed by atoms with Gasteiger partial charge in [-0.15, -0.1) is 5.10 Å². The third-order valence-electron chi connectivity index (χ3n) is 6.77. The molecule has 0 saturated heterocycles. The smallest absolute Gasteiger partial charge is 0.315 e. The number of rotatable bonds is 8. The molecule has 0 bridgehead atoms. The molecule has 0 radical (unpaired) electrons. The Morgan fingerprint density at radius 3 is 2.65 bits per heavy atom. The number of aromatic nitrogens is 7. The number of amides is 2. The van der Waals surface area contributed by atoms with Crippen LogP contribution in [0.25, 0.3) is 27.8 Å². The first kappa shape index (κ1) is 27.9. The molecule has 5 N–H and O–H groups in total. The Bertz CT molecular complexity index is 1980. The number of benzene rings is 3. The van der Waals surface area contributed by atoms with Gasteiger partial charge in [0.15, 0.2) is 0 Å². The van der Waals surface area contributed by atoms with Crippen LogP contribution in [0.5, 0.6) is 5.75 Å². The summed E-state index contributed by atoms with van der Waals surface area (Å²) in [5, 5.41) is 28.7. The van der Waals surface area contributed by atoms with Crippen LogP contribution in [0.1, 0.15) is 23.0 Å². The summed E-state index contributed by atoms with van der Waals surface area (Å²) in [5.41, 5.74) is 3.45. The first-order chi connectivity index (χ1) is 20.8. The maximum absolute atomic E-state index is 13.2. The Kier molecular flexibility index (Phi) is 7.77. The molecule has 2 amide bonds. The van der Waals surface area contributed by atoms with Crippen LogP contribution in [-0.4, -0.2) is 46.3 Å². The van der Waals surface area contributed by atoms with E-state index in [2.05, 4.69) is 36.1 Å². The molecule has 0 spiro atoms. The molecule has 6 rings (SSSR count). The summed E-state index contributed by atoms with van der Waals surface area (Å²) in [6.45, 7) is 0.145. The number of aromatic amines is 2. The van der Waals surface area contributed by atoms with E-state index in [-0.39, 0.29) is 17.4 Å². The second-order valence-corrected chi connectivity index (χ2v) is 10.5. The number of hydrogen-bond donors (Lipinski definition) is 5. The summed E-state index contributed by atoms with van der Waals surface area (Å²) in [7, 11) is 0. The predicted octanol–water partition coefficient (Wildman–Crippen LogP) is 4.69. The lowest BCUT2D eigenvalue weighted by Crippen LogP contribution is -2.39. The number of H-pyrrole nitrogens is 2. The molecule has 3 aromatic carbocycles. The van der Waals surface area contributed by atoms with Gasteiger partial charge in [0.1, 0.15) is 28.7 Å². The summed E-state index contributed by atoms with van der Waals surface area (Å²) >= 11 is 12.8. The molecule has 1 atom stereocenters. The van der Waals surface area contributed by atoms with Crippen LogP contribution < -0.4 is 16.2 Å². The minimum absolute atomic E-state index is 0.145. The number of aromatic hydroxyl groups is 1. The van der Waals surface area contributed by atoms with Gasteiger partial charge in [-0.25, -0.2) is 14.5 Å². The average molecular weight is 616 g/mol. The third kappa shape index (κ3) is 6.20. The number of pyridine rings is 1. The van der Waals surface area contributed by atoms with E-state index in [0.717, 1.165) is 11.6 Å². The monoisotopic (exact) mass is 615 g/mol. The maximum Gasteiger partial charge on any atom is 0.315 e. The van der Waals surface area contributed by atoms with E-state index in [1.165, 1.54) is 11.0 Å². The van der Waals surface area contributed by atoms with Crippen molar-refractivity contribution in [2.45, 2.75) is 19.0 Å². The van der Waals surface area contributed by atoms with Crippen molar-refractivity contribution in [1.82, 2.24) is 45.8 Å². The Balaban J connectivity index is 1.26. The second kappa shape index (κ2) is 12.0. The largest absolute Gasteiger partial charge is 0.507 e. The van der Waals surface area contributed by atoms with Crippen LogP contribution in [0.3, 0.4) is 0 Å². The van der Waals surface area contributed by atoms with E-state index in [1.807, 2.05) is 30.3 Å². The van der Waals surface area contributed by atoms with Crippen molar-refractivity contribution >= 4 is 40.1 Å². The molecule has 0 unspecified atom stereocenters. The molecule has 216 valence electrons. The summed E-state index contributed by atoms with van der Waals surface area (Å²) in [6.07, 6.45) is 1.88. The van der Waals surface area contributed by atoms with Gasteiger partial charge in [0, 0.05) is 28.6 Å². The number of carbonyl (C=O) groups is 1. The lowest BCUT2D eigenvalue weighted by atomic mass is 10.1. The zero-order chi connectivity index (χ0) is 29.9. The lowest BCUT2D eigenvalue weighted by molar-refractivity contribution is 0.236. The highest BCUT2D eigenvalue weighted by atomic mass is 35.5. The van der Waals surface area contributed by atoms with E-state index >= 15 is 0 Å². The van der Waals surface area contributed by atoms with Crippen LogP contribution in [-0.2, 0) is 13.0 Å². The Hall–Kier alpha value is -5.20. The number of carbonyl (C=O) groups excluding carboxylic acids is 1. The Morgan fingerprint density at radius 1 is 1.02 bits per heavy atom. The summed E-state index contributed by atoms with van der Waals surface area (Å²) in [4.78, 5) is 35.5. The SMILES string of the molecule is O=C(NCc1cc(Cl)ccc1-n1cnnn1)N[C@@H](Cc1ccccc1)c1nc(-c2ccc3[nH]c(=O)cc(O)c3c2)c(Cl)[nH]1. The number of tetrazole rings is 1. The zero-order valence-electron chi connectivity index (χ0n) is 22.3. The molecule has 14 heteroatoms. The maximum atomic E-state index is 13.2. The molecule has 0 fully saturated rings. The van der Waals surface area contributed by atoms with Gasteiger partial charge in [-0.2, -0.15) is 0 Å². The fourth-order valence-corrected chi connectivity index (χ4v) is 5.19. The van der Waals surface area contributed by atoms with Crippen LogP contribution in [0.15, 0.2) is 83.9 Å². The zero-order valence-corrected chi connectivity index (χ0v) is 23.8. The molecule has 3 aromatic heterocycles. The standard InChI is InChI=1S/C29H23Cl2N9O3/c30-19-7-9-23(40-15-33-38-39-40)18(11-19)14-32-29(43)35-22(10-16-4-2-1-3-5-16)28-36-26(27(31)37-28)17-6-8-21-20(12-17)24(41)13-25(42)34-21/h1-9,11-13,15,22H,10,14H2,(H,36,37)(H2,32,35,43)(H2,34,41,42)/t22-/m0/s1. The van der Waals surface area contributed by atoms with Crippen molar-refractivity contribution < 1.29 is 9.90 Å². The molecule has 3 heterocycles. The molecule has 0 aliphatic heterocycles. The molecule has 0 aliphatic carbocycles. The number of urea groups is 1. The van der Waals surface area contributed by atoms with Crippen LogP contribution in [0.2, 0.25) is 10.2 Å². The summed E-state index contributed by atoms with van der Waals surface area (Å²) in [5.74, 6) is 0.276. The highest BCUT2D eigenvalue weighted by molar-refractivity contribution is 6.32. The van der Waals surface area contributed by atoms with Gasteiger partial charge in [-0.3, -0.25) is 4.79 Å². The number of halogens is 2. The normalized spacial score (nSPS) is 11.9. The van der Waals surface area contributed by atoms with Crippen LogP contribution in [0.4, 0.5) is 4.79 Å². The van der Waals surface area contributed by atoms with Crippen LogP contribution >= 0.6 is 23.2 Å². The highest BCUT2D eigenvalue weighted by Crippen LogP contribution is 2.32. The van der Waals surface area contributed by atoms with Gasteiger partial charge in [0.05, 0.1) is 17.2 Å². The molecule has 43 heavy (non-hydrogen) atoms. The minimum atomic E-state index is -0.586. The van der Waals surface area contributed by atoms with Gasteiger partial charge in [-0.05, 0) is 58.3 Å². The second-order valence-electron chi connectivity index (χ2n) is 9.66. The fourth-order valence-electron chi connectivity index (χ4n) is 4.75. The Labute approximate surface area is 253 Å². The van der Waals surface area contributed by atoms with E-state index in [4.69, 9.17) is 28.2 Å². The Morgan fingerprint density at radius 2 is 1.86 bits per heavy atom. The topological polar surface area (TPSA) is 166 Å². The van der Waals surface area contributed by atoms with Crippen molar-refractivity contribution in [2.24, 2.45) is 0 Å². The lowest BCUT2D eigenvalue weighted by Gasteiger charge is -2.18. The minimum Gasteiger partial charge on any atom is -0.507 e. The molecule has 6 aromatic rings. The number of nitrogens with zero attached hydrogens (tertiary/aromatic N) is 5. The third-order valence-corrected chi connectivity index (χ3v) is 7.28. The van der Waals surface area contributed by atoms with E-state index in [1.54, 1.807) is 36.4 Å². The summed E-state index contributed by atoms with van der Waals surface area (Å²) < 4.78 is 1.49. The quantitative estimate of drug-likeness (QED) is 0.165. The van der Waals surface area contributed by atoms with Gasteiger partial charge < -0.3 is 25.7 Å².